The molecule has 0 bridgehead atoms. The maximum absolute atomic E-state index is 6.23. The molecule has 0 aliphatic heterocycles. The molecule has 76 valence electrons. The highest BCUT2D eigenvalue weighted by Crippen LogP contribution is 2.66. The smallest absolute Gasteiger partial charge is 0.164 e. The molecule has 0 aromatic rings. The second kappa shape index (κ2) is 4.27. The Morgan fingerprint density at radius 1 is 1.08 bits per heavy atom. The molecule has 5 heteroatoms. The van der Waals surface area contributed by atoms with E-state index >= 15 is 0 Å². The lowest BCUT2D eigenvalue weighted by molar-refractivity contribution is 0.513. The summed E-state index contributed by atoms with van der Waals surface area (Å²) in [5, 5.41) is 3.15. The van der Waals surface area contributed by atoms with Gasteiger partial charge in [0, 0.05) is 35.2 Å². The fourth-order valence-electron chi connectivity index (χ4n) is 2.08. The Labute approximate surface area is 84.8 Å². The summed E-state index contributed by atoms with van der Waals surface area (Å²) in [7, 11) is 14.9. The molecule has 0 aromatic heterocycles. The normalized spacial score (nSPS) is 14.2. The summed E-state index contributed by atoms with van der Waals surface area (Å²) in [5.74, 6) is 0. The average Bonchev–Trinajstić information content (AvgIpc) is 1.83. The highest BCUT2D eigenvalue weighted by Gasteiger charge is 2.53. The SMILES string of the molecule is [B]C(C)(C)[P+](NC)(N(C)C)N(C)C. The van der Waals surface area contributed by atoms with Crippen molar-refractivity contribution in [2.45, 2.75) is 18.9 Å². The van der Waals surface area contributed by atoms with E-state index in [1.807, 2.05) is 7.05 Å². The average molecular weight is 202 g/mol. The Kier molecular flexibility index (Phi) is 4.39. The van der Waals surface area contributed by atoms with Gasteiger partial charge in [-0.25, -0.2) is 0 Å². The summed E-state index contributed by atoms with van der Waals surface area (Å²) in [5.41, 5.74) is 0. The summed E-state index contributed by atoms with van der Waals surface area (Å²) in [6.45, 7) is 4.13. The quantitative estimate of drug-likeness (QED) is 0.541. The molecule has 0 amide bonds. The van der Waals surface area contributed by atoms with Crippen molar-refractivity contribution in [3.8, 4) is 0 Å². The van der Waals surface area contributed by atoms with Crippen LogP contribution in [0.25, 0.3) is 0 Å². The molecular weight excluding hydrogens is 180 g/mol. The zero-order valence-corrected chi connectivity index (χ0v) is 10.8. The fourth-order valence-corrected chi connectivity index (χ4v) is 6.23. The third-order valence-electron chi connectivity index (χ3n) is 2.27. The Morgan fingerprint density at radius 2 is 1.38 bits per heavy atom. The van der Waals surface area contributed by atoms with Crippen LogP contribution in [-0.2, 0) is 0 Å². The van der Waals surface area contributed by atoms with E-state index in [9.17, 15) is 0 Å². The van der Waals surface area contributed by atoms with Gasteiger partial charge in [-0.3, -0.25) is 0 Å². The van der Waals surface area contributed by atoms with Gasteiger partial charge in [0.2, 0.25) is 7.71 Å². The molecular formula is C8H22BN3P+. The Balaban J connectivity index is 5.12. The van der Waals surface area contributed by atoms with Crippen LogP contribution >= 0.6 is 7.71 Å². The molecule has 3 nitrogen and oxygen atoms in total. The molecule has 0 atom stereocenters. The van der Waals surface area contributed by atoms with Crippen LogP contribution in [0.1, 0.15) is 13.8 Å². The first-order chi connectivity index (χ1) is 5.70. The van der Waals surface area contributed by atoms with E-state index in [-0.39, 0.29) is 5.06 Å². The second-order valence-electron chi connectivity index (χ2n) is 4.17. The molecule has 0 saturated carbocycles. The second-order valence-corrected chi connectivity index (χ2v) is 8.58. The topological polar surface area (TPSA) is 18.5 Å². The van der Waals surface area contributed by atoms with Crippen molar-refractivity contribution in [2.24, 2.45) is 0 Å². The molecule has 0 rings (SSSR count). The van der Waals surface area contributed by atoms with Crippen molar-refractivity contribution in [2.75, 3.05) is 35.2 Å². The van der Waals surface area contributed by atoms with Crippen LogP contribution in [0.4, 0.5) is 0 Å². The molecule has 0 aliphatic carbocycles. The molecule has 0 fully saturated rings. The van der Waals surface area contributed by atoms with Crippen LogP contribution in [0.5, 0.6) is 0 Å². The van der Waals surface area contributed by atoms with Gasteiger partial charge in [-0.2, -0.15) is 14.4 Å². The van der Waals surface area contributed by atoms with E-state index < -0.39 is 7.71 Å². The third kappa shape index (κ3) is 2.24. The number of rotatable bonds is 4. The highest BCUT2D eigenvalue weighted by molar-refractivity contribution is 7.72. The highest BCUT2D eigenvalue weighted by atomic mass is 31.2. The van der Waals surface area contributed by atoms with Crippen LogP contribution in [0.15, 0.2) is 0 Å². The number of nitrogens with zero attached hydrogens (tertiary/aromatic N) is 2. The van der Waals surface area contributed by atoms with Gasteiger partial charge in [0.05, 0.1) is 5.06 Å². The standard InChI is InChI=1S/C8H22BN3P/c1-8(2,9)13(10-3,11(4)5)12(6)7/h10H,1-7H3/q+1. The van der Waals surface area contributed by atoms with Gasteiger partial charge < -0.3 is 0 Å². The van der Waals surface area contributed by atoms with Gasteiger partial charge in [0.1, 0.15) is 7.85 Å². The van der Waals surface area contributed by atoms with E-state index in [2.05, 4.69) is 56.5 Å². The minimum Gasteiger partial charge on any atom is -0.164 e. The van der Waals surface area contributed by atoms with Gasteiger partial charge in [-0.05, 0) is 13.8 Å². The van der Waals surface area contributed by atoms with Crippen molar-refractivity contribution in [1.29, 1.82) is 0 Å². The van der Waals surface area contributed by atoms with E-state index in [0.717, 1.165) is 0 Å². The lowest BCUT2D eigenvalue weighted by atomic mass is 9.91. The summed E-state index contributed by atoms with van der Waals surface area (Å²) in [4.78, 5) is 0. The molecule has 0 saturated heterocycles. The maximum Gasteiger partial charge on any atom is 0.218 e. The first-order valence-electron chi connectivity index (χ1n) is 4.42. The summed E-state index contributed by atoms with van der Waals surface area (Å²) < 4.78 is 4.40. The van der Waals surface area contributed by atoms with Gasteiger partial charge in [-0.1, -0.05) is 0 Å². The Morgan fingerprint density at radius 3 is 1.38 bits per heavy atom. The molecule has 0 aromatic carbocycles. The lowest BCUT2D eigenvalue weighted by Crippen LogP contribution is -2.46. The van der Waals surface area contributed by atoms with Gasteiger partial charge in [0.15, 0.2) is 0 Å². The summed E-state index contributed by atoms with van der Waals surface area (Å²) in [6, 6.07) is 0. The zero-order valence-electron chi connectivity index (χ0n) is 9.92. The van der Waals surface area contributed by atoms with Crippen molar-refractivity contribution < 1.29 is 0 Å². The van der Waals surface area contributed by atoms with Gasteiger partial charge in [-0.15, -0.1) is 0 Å². The minimum atomic E-state index is -1.61. The number of hydrogen-bond acceptors (Lipinski definition) is 3. The third-order valence-corrected chi connectivity index (χ3v) is 6.82. The molecule has 0 heterocycles. The molecule has 2 radical (unpaired) electrons. The van der Waals surface area contributed by atoms with E-state index in [0.29, 0.717) is 0 Å². The molecule has 1 N–H and O–H groups in total. The molecule has 13 heavy (non-hydrogen) atoms. The van der Waals surface area contributed by atoms with Crippen molar-refractivity contribution in [1.82, 2.24) is 14.4 Å². The van der Waals surface area contributed by atoms with Crippen LogP contribution in [-0.4, -0.2) is 57.5 Å². The van der Waals surface area contributed by atoms with E-state index in [1.54, 1.807) is 0 Å². The number of hydrogen-bond donors (Lipinski definition) is 1. The monoisotopic (exact) mass is 202 g/mol. The largest absolute Gasteiger partial charge is 0.218 e. The van der Waals surface area contributed by atoms with E-state index in [1.165, 1.54) is 0 Å². The van der Waals surface area contributed by atoms with Crippen LogP contribution in [0.3, 0.4) is 0 Å². The zero-order chi connectivity index (χ0) is 10.9. The summed E-state index contributed by atoms with van der Waals surface area (Å²) in [6.07, 6.45) is 0. The minimum absolute atomic E-state index is 0.241. The first kappa shape index (κ1) is 13.4. The Hall–Kier alpha value is 0.375. The Bertz CT molecular complexity index is 157. The predicted octanol–water partition coefficient (Wildman–Crippen LogP) is 0.996. The van der Waals surface area contributed by atoms with Crippen LogP contribution < -0.4 is 5.09 Å². The maximum atomic E-state index is 6.23. The molecule has 0 aliphatic rings. The van der Waals surface area contributed by atoms with Crippen molar-refractivity contribution >= 4 is 15.6 Å². The fraction of sp³-hybridized carbons (Fsp3) is 1.00. The molecule has 0 spiro atoms. The first-order valence-corrected chi connectivity index (χ1v) is 6.12. The van der Waals surface area contributed by atoms with Gasteiger partial charge >= 0.3 is 0 Å². The van der Waals surface area contributed by atoms with Crippen molar-refractivity contribution in [3.05, 3.63) is 0 Å². The van der Waals surface area contributed by atoms with Gasteiger partial charge in [0.25, 0.3) is 0 Å². The van der Waals surface area contributed by atoms with Crippen LogP contribution in [0.2, 0.25) is 0 Å². The number of nitrogens with one attached hydrogen (secondary N) is 1. The van der Waals surface area contributed by atoms with E-state index in [4.69, 9.17) is 7.85 Å². The lowest BCUT2D eigenvalue weighted by Gasteiger charge is -2.44. The summed E-state index contributed by atoms with van der Waals surface area (Å²) >= 11 is 0. The van der Waals surface area contributed by atoms with Crippen molar-refractivity contribution in [3.63, 3.8) is 0 Å². The van der Waals surface area contributed by atoms with Crippen LogP contribution in [0, 0.1) is 0 Å². The predicted molar refractivity (Wildman–Crippen MR) is 63.2 cm³/mol. The molecule has 0 unspecified atom stereocenters.